The van der Waals surface area contributed by atoms with Gasteiger partial charge < -0.3 is 5.11 Å². The van der Waals surface area contributed by atoms with Crippen LogP contribution in [0.2, 0.25) is 0 Å². The monoisotopic (exact) mass is 155 g/mol. The molecule has 0 spiro atoms. The Morgan fingerprint density at radius 2 is 1.78 bits per heavy atom. The van der Waals surface area contributed by atoms with E-state index in [1.807, 2.05) is 0 Å². The Balaban J connectivity index is 4.06. The van der Waals surface area contributed by atoms with Crippen molar-refractivity contribution in [2.24, 2.45) is 0 Å². The van der Waals surface area contributed by atoms with Crippen LogP contribution in [0.3, 0.4) is 0 Å². The van der Waals surface area contributed by atoms with Gasteiger partial charge in [0.2, 0.25) is 0 Å². The van der Waals surface area contributed by atoms with Crippen LogP contribution in [0.25, 0.3) is 0 Å². The Hall–Kier alpha value is -0.0600. The Labute approximate surface area is 52.2 Å². The number of carbonyl (C=O) groups excluding carboxylic acids is 1. The average molecular weight is 155 g/mol. The third-order valence-corrected chi connectivity index (χ3v) is 1.62. The van der Waals surface area contributed by atoms with Crippen LogP contribution in [0.5, 0.6) is 0 Å². The van der Waals surface area contributed by atoms with Gasteiger partial charge in [0, 0.05) is 0 Å². The second-order valence-corrected chi connectivity index (χ2v) is 3.16. The number of hydrogen-bond acceptors (Lipinski definition) is 5. The first-order valence-corrected chi connectivity index (χ1v) is 3.80. The van der Waals surface area contributed by atoms with Crippen molar-refractivity contribution in [3.63, 3.8) is 0 Å². The maximum absolute atomic E-state index is 10.2. The predicted octanol–water partition coefficient (Wildman–Crippen LogP) is -1.37. The number of hydrogen-bond donors (Lipinski definition) is 4. The molecule has 0 bridgehead atoms. The van der Waals surface area contributed by atoms with Gasteiger partial charge in [-0.1, -0.05) is 0 Å². The lowest BCUT2D eigenvalue weighted by atomic mass is 10.5. The van der Waals surface area contributed by atoms with Gasteiger partial charge in [-0.2, -0.15) is 14.7 Å². The standard InChI is InChI=1S/C3H8O5P/c1-2(4)3(5)9(6,7)8/h2,4,6-8H,1H3/q+1. The molecule has 5 nitrogen and oxygen atoms in total. The van der Waals surface area contributed by atoms with E-state index in [9.17, 15) is 4.79 Å². The number of aliphatic hydroxyl groups is 1. The summed E-state index contributed by atoms with van der Waals surface area (Å²) in [4.78, 5) is 34.7. The Morgan fingerprint density at radius 1 is 1.44 bits per heavy atom. The molecule has 0 fully saturated rings. The molecule has 1 atom stereocenters. The van der Waals surface area contributed by atoms with Crippen molar-refractivity contribution in [2.45, 2.75) is 13.0 Å². The largest absolute Gasteiger partial charge is 0.481 e. The molecule has 0 heterocycles. The average Bonchev–Trinajstić information content (AvgIpc) is 1.62. The van der Waals surface area contributed by atoms with Crippen molar-refractivity contribution in [2.75, 3.05) is 0 Å². The maximum Gasteiger partial charge on any atom is 0.481 e. The zero-order valence-corrected chi connectivity index (χ0v) is 5.62. The quantitative estimate of drug-likeness (QED) is 0.369. The van der Waals surface area contributed by atoms with Gasteiger partial charge in [0.15, 0.2) is 6.10 Å². The molecular weight excluding hydrogens is 147 g/mol. The van der Waals surface area contributed by atoms with E-state index in [2.05, 4.69) is 0 Å². The minimum Gasteiger partial charge on any atom is -0.381 e. The summed E-state index contributed by atoms with van der Waals surface area (Å²) in [6.07, 6.45) is -1.53. The molecule has 1 unspecified atom stereocenters. The molecule has 0 aromatic carbocycles. The molecule has 0 aromatic heterocycles. The summed E-state index contributed by atoms with van der Waals surface area (Å²) in [7, 11) is -4.45. The summed E-state index contributed by atoms with van der Waals surface area (Å²) in [5.74, 6) is 0. The summed E-state index contributed by atoms with van der Waals surface area (Å²) in [6, 6.07) is 0. The van der Waals surface area contributed by atoms with E-state index in [4.69, 9.17) is 19.8 Å². The molecule has 0 aromatic rings. The van der Waals surface area contributed by atoms with Crippen molar-refractivity contribution in [3.8, 4) is 0 Å². The van der Waals surface area contributed by atoms with Crippen LogP contribution >= 0.6 is 7.94 Å². The van der Waals surface area contributed by atoms with Gasteiger partial charge in [0.05, 0.1) is 0 Å². The minimum atomic E-state index is -4.45. The smallest absolute Gasteiger partial charge is 0.381 e. The molecule has 0 saturated heterocycles. The lowest BCUT2D eigenvalue weighted by Crippen LogP contribution is -2.18. The van der Waals surface area contributed by atoms with Crippen LogP contribution in [0.4, 0.5) is 0 Å². The number of aliphatic hydroxyl groups excluding tert-OH is 1. The van der Waals surface area contributed by atoms with Gasteiger partial charge in [-0.15, -0.1) is 0 Å². The number of carbonyl (C=O) groups is 1. The molecule has 9 heavy (non-hydrogen) atoms. The zero-order valence-electron chi connectivity index (χ0n) is 4.72. The highest BCUT2D eigenvalue weighted by molar-refractivity contribution is 7.76. The van der Waals surface area contributed by atoms with Crippen LogP contribution in [0, 0.1) is 0 Å². The first-order valence-electron chi connectivity index (χ1n) is 2.15. The van der Waals surface area contributed by atoms with E-state index in [-0.39, 0.29) is 0 Å². The fraction of sp³-hybridized carbons (Fsp3) is 0.667. The predicted molar refractivity (Wildman–Crippen MR) is 30.3 cm³/mol. The summed E-state index contributed by atoms with van der Waals surface area (Å²) >= 11 is 0. The molecule has 0 saturated carbocycles. The van der Waals surface area contributed by atoms with E-state index < -0.39 is 19.6 Å². The molecule has 0 aliphatic heterocycles. The lowest BCUT2D eigenvalue weighted by Gasteiger charge is -2.01. The normalized spacial score (nSPS) is 15.2. The molecule has 6 heteroatoms. The summed E-state index contributed by atoms with van der Waals surface area (Å²) in [6.45, 7) is 1.04. The van der Waals surface area contributed by atoms with Crippen molar-refractivity contribution in [3.05, 3.63) is 0 Å². The number of rotatable bonds is 2. The molecule has 54 valence electrons. The van der Waals surface area contributed by atoms with Crippen molar-refractivity contribution < 1.29 is 24.6 Å². The lowest BCUT2D eigenvalue weighted by molar-refractivity contribution is -0.120. The molecule has 0 amide bonds. The third kappa shape index (κ3) is 2.84. The summed E-state index contributed by atoms with van der Waals surface area (Å²) in [5.41, 5.74) is -1.33. The van der Waals surface area contributed by atoms with E-state index in [0.29, 0.717) is 0 Å². The molecule has 0 radical (unpaired) electrons. The van der Waals surface area contributed by atoms with E-state index in [1.165, 1.54) is 0 Å². The topological polar surface area (TPSA) is 98.0 Å². The molecule has 0 rings (SSSR count). The van der Waals surface area contributed by atoms with Crippen LogP contribution in [0.15, 0.2) is 0 Å². The summed E-state index contributed by atoms with van der Waals surface area (Å²) < 4.78 is 0. The SMILES string of the molecule is CC(O)C(=O)[P+](O)(O)O. The maximum atomic E-state index is 10.2. The first-order chi connectivity index (χ1) is 3.85. The van der Waals surface area contributed by atoms with Crippen molar-refractivity contribution in [1.29, 1.82) is 0 Å². The van der Waals surface area contributed by atoms with E-state index in [1.54, 1.807) is 0 Å². The highest BCUT2D eigenvalue weighted by Crippen LogP contribution is 2.46. The molecule has 0 aliphatic carbocycles. The Bertz CT molecular complexity index is 114. The van der Waals surface area contributed by atoms with Gasteiger partial charge in [0.25, 0.3) is 0 Å². The van der Waals surface area contributed by atoms with Gasteiger partial charge >= 0.3 is 13.5 Å². The first kappa shape index (κ1) is 8.94. The minimum absolute atomic E-state index is 1.04. The molecule has 0 aliphatic rings. The van der Waals surface area contributed by atoms with Gasteiger partial charge in [-0.3, -0.25) is 0 Å². The van der Waals surface area contributed by atoms with Crippen molar-refractivity contribution in [1.82, 2.24) is 0 Å². The Kier molecular flexibility index (Phi) is 2.66. The van der Waals surface area contributed by atoms with Crippen LogP contribution < -0.4 is 0 Å². The highest BCUT2D eigenvalue weighted by Gasteiger charge is 2.45. The molecule has 4 N–H and O–H groups in total. The fourth-order valence-corrected chi connectivity index (χ4v) is 0.752. The second-order valence-electron chi connectivity index (χ2n) is 1.58. The van der Waals surface area contributed by atoms with Gasteiger partial charge in [-0.25, -0.2) is 4.79 Å². The van der Waals surface area contributed by atoms with Crippen LogP contribution in [-0.4, -0.2) is 31.4 Å². The Morgan fingerprint density at radius 3 is 1.78 bits per heavy atom. The zero-order chi connectivity index (χ0) is 7.65. The molecular formula is C3H8O5P+. The van der Waals surface area contributed by atoms with Crippen molar-refractivity contribution >= 4 is 13.5 Å². The van der Waals surface area contributed by atoms with Crippen LogP contribution in [-0.2, 0) is 4.79 Å². The summed E-state index contributed by atoms with van der Waals surface area (Å²) in [5, 5.41) is 8.35. The van der Waals surface area contributed by atoms with Gasteiger partial charge in [-0.05, 0) is 6.92 Å². The highest BCUT2D eigenvalue weighted by atomic mass is 31.2. The van der Waals surface area contributed by atoms with Crippen LogP contribution in [0.1, 0.15) is 6.92 Å². The van der Waals surface area contributed by atoms with Gasteiger partial charge in [0.1, 0.15) is 0 Å². The fourth-order valence-electron chi connectivity index (χ4n) is 0.251. The van der Waals surface area contributed by atoms with E-state index in [0.717, 1.165) is 6.92 Å². The van der Waals surface area contributed by atoms with E-state index >= 15 is 0 Å². The second kappa shape index (κ2) is 2.68. The third-order valence-electron chi connectivity index (χ3n) is 0.653.